The van der Waals surface area contributed by atoms with E-state index in [1.165, 1.54) is 5.39 Å². The van der Waals surface area contributed by atoms with E-state index in [0.29, 0.717) is 11.6 Å². The molecule has 19 heavy (non-hydrogen) atoms. The van der Waals surface area contributed by atoms with E-state index in [9.17, 15) is 0 Å². The second-order valence-corrected chi connectivity index (χ2v) is 4.37. The third-order valence-electron chi connectivity index (χ3n) is 3.19. The lowest BCUT2D eigenvalue weighted by molar-refractivity contribution is 0.608. The van der Waals surface area contributed by atoms with Crippen molar-refractivity contribution in [1.29, 1.82) is 0 Å². The predicted molar refractivity (Wildman–Crippen MR) is 74.7 cm³/mol. The van der Waals surface area contributed by atoms with Gasteiger partial charge in [0.15, 0.2) is 0 Å². The molecule has 4 aromatic rings. The fraction of sp³-hybridized carbons (Fsp3) is 0. The minimum atomic E-state index is 0.574. The topological polar surface area (TPSA) is 38.9 Å². The molecule has 3 nitrogen and oxygen atoms in total. The molecule has 0 saturated carbocycles. The first kappa shape index (κ1) is 10.3. The number of benzene rings is 2. The summed E-state index contributed by atoms with van der Waals surface area (Å²) in [4.78, 5) is 8.68. The fourth-order valence-electron chi connectivity index (χ4n) is 2.30. The zero-order valence-corrected chi connectivity index (χ0v) is 10.1. The van der Waals surface area contributed by atoms with Crippen molar-refractivity contribution in [2.75, 3.05) is 0 Å². The first-order valence-corrected chi connectivity index (χ1v) is 6.11. The maximum atomic E-state index is 5.74. The Balaban J connectivity index is 2.03. The number of oxazole rings is 1. The molecule has 2 aromatic carbocycles. The summed E-state index contributed by atoms with van der Waals surface area (Å²) < 4.78 is 5.74. The number of fused-ring (bicyclic) bond motifs is 2. The van der Waals surface area contributed by atoms with Crippen LogP contribution in [0.4, 0.5) is 0 Å². The molecular weight excluding hydrogens is 236 g/mol. The van der Waals surface area contributed by atoms with Crippen LogP contribution in [0.1, 0.15) is 0 Å². The van der Waals surface area contributed by atoms with Crippen molar-refractivity contribution in [1.82, 2.24) is 9.97 Å². The summed E-state index contributed by atoms with van der Waals surface area (Å²) in [5.41, 5.74) is 2.35. The Hall–Kier alpha value is -2.68. The molecule has 0 N–H and O–H groups in total. The normalized spacial score (nSPS) is 11.2. The van der Waals surface area contributed by atoms with Gasteiger partial charge in [-0.3, -0.25) is 0 Å². The summed E-state index contributed by atoms with van der Waals surface area (Å²) in [6.45, 7) is 0. The molecule has 0 fully saturated rings. The lowest BCUT2D eigenvalue weighted by Crippen LogP contribution is -1.80. The average Bonchev–Trinajstić information content (AvgIpc) is 2.90. The highest BCUT2D eigenvalue weighted by atomic mass is 16.4. The van der Waals surface area contributed by atoms with Crippen LogP contribution in [0.25, 0.3) is 33.5 Å². The van der Waals surface area contributed by atoms with Crippen LogP contribution < -0.4 is 0 Å². The van der Waals surface area contributed by atoms with E-state index >= 15 is 0 Å². The Morgan fingerprint density at radius 2 is 1.74 bits per heavy atom. The lowest BCUT2D eigenvalue weighted by Gasteiger charge is -2.01. The first-order chi connectivity index (χ1) is 9.42. The molecule has 3 heteroatoms. The van der Waals surface area contributed by atoms with Gasteiger partial charge in [0.05, 0.1) is 0 Å². The van der Waals surface area contributed by atoms with Crippen molar-refractivity contribution >= 4 is 22.0 Å². The summed E-state index contributed by atoms with van der Waals surface area (Å²) in [5, 5.41) is 2.31. The van der Waals surface area contributed by atoms with E-state index in [0.717, 1.165) is 16.5 Å². The summed E-state index contributed by atoms with van der Waals surface area (Å²) in [6, 6.07) is 18.1. The van der Waals surface area contributed by atoms with Gasteiger partial charge in [-0.15, -0.1) is 0 Å². The Labute approximate surface area is 109 Å². The molecule has 0 aliphatic carbocycles. The Morgan fingerprint density at radius 3 is 2.68 bits per heavy atom. The summed E-state index contributed by atoms with van der Waals surface area (Å²) >= 11 is 0. The summed E-state index contributed by atoms with van der Waals surface area (Å²) in [6.07, 6.45) is 1.71. The molecule has 0 aliphatic heterocycles. The molecule has 0 amide bonds. The monoisotopic (exact) mass is 246 g/mol. The van der Waals surface area contributed by atoms with Crippen molar-refractivity contribution in [3.63, 3.8) is 0 Å². The minimum absolute atomic E-state index is 0.574. The molecule has 0 unspecified atom stereocenters. The largest absolute Gasteiger partial charge is 0.418 e. The highest BCUT2D eigenvalue weighted by Crippen LogP contribution is 2.29. The molecule has 2 heterocycles. The number of aromatic nitrogens is 2. The van der Waals surface area contributed by atoms with Crippen molar-refractivity contribution in [2.24, 2.45) is 0 Å². The Bertz CT molecular complexity index is 842. The van der Waals surface area contributed by atoms with Crippen molar-refractivity contribution < 1.29 is 4.42 Å². The number of rotatable bonds is 1. The second-order valence-electron chi connectivity index (χ2n) is 4.37. The first-order valence-electron chi connectivity index (χ1n) is 6.11. The van der Waals surface area contributed by atoms with E-state index in [2.05, 4.69) is 28.2 Å². The van der Waals surface area contributed by atoms with E-state index in [1.807, 2.05) is 36.4 Å². The van der Waals surface area contributed by atoms with E-state index in [4.69, 9.17) is 4.42 Å². The zero-order chi connectivity index (χ0) is 12.7. The maximum Gasteiger partial charge on any atom is 0.247 e. The van der Waals surface area contributed by atoms with Crippen molar-refractivity contribution in [3.05, 3.63) is 60.8 Å². The molecule has 0 radical (unpaired) electrons. The molecule has 2 aromatic heterocycles. The SMILES string of the molecule is c1ccc2c(-c3nc4cccnc4o3)cccc2c1. The van der Waals surface area contributed by atoms with E-state index in [1.54, 1.807) is 6.20 Å². The fourth-order valence-corrected chi connectivity index (χ4v) is 2.30. The molecule has 0 atom stereocenters. The summed E-state index contributed by atoms with van der Waals surface area (Å²) in [5.74, 6) is 0.616. The van der Waals surface area contributed by atoms with E-state index in [-0.39, 0.29) is 0 Å². The number of hydrogen-bond donors (Lipinski definition) is 0. The van der Waals surface area contributed by atoms with Crippen LogP contribution in [0.5, 0.6) is 0 Å². The average molecular weight is 246 g/mol. The van der Waals surface area contributed by atoms with Gasteiger partial charge in [-0.2, -0.15) is 0 Å². The van der Waals surface area contributed by atoms with Gasteiger partial charge in [0, 0.05) is 11.8 Å². The molecule has 0 spiro atoms. The van der Waals surface area contributed by atoms with Gasteiger partial charge in [0.25, 0.3) is 0 Å². The lowest BCUT2D eigenvalue weighted by atomic mass is 10.0. The van der Waals surface area contributed by atoms with Crippen LogP contribution in [-0.4, -0.2) is 9.97 Å². The van der Waals surface area contributed by atoms with Gasteiger partial charge >= 0.3 is 0 Å². The Morgan fingerprint density at radius 1 is 0.842 bits per heavy atom. The standard InChI is InChI=1S/C16H10N2O/c1-2-7-12-11(5-1)6-3-8-13(12)15-18-14-9-4-10-17-16(14)19-15/h1-10H. The smallest absolute Gasteiger partial charge is 0.247 e. The van der Waals surface area contributed by atoms with Crippen LogP contribution in [0.3, 0.4) is 0 Å². The Kier molecular flexibility index (Phi) is 2.12. The number of hydrogen-bond acceptors (Lipinski definition) is 3. The summed E-state index contributed by atoms with van der Waals surface area (Å²) in [7, 11) is 0. The van der Waals surface area contributed by atoms with Crippen LogP contribution in [0.2, 0.25) is 0 Å². The highest BCUT2D eigenvalue weighted by molar-refractivity contribution is 5.95. The van der Waals surface area contributed by atoms with Crippen molar-refractivity contribution in [3.8, 4) is 11.5 Å². The quantitative estimate of drug-likeness (QED) is 0.508. The highest BCUT2D eigenvalue weighted by Gasteiger charge is 2.11. The minimum Gasteiger partial charge on any atom is -0.418 e. The molecule has 0 saturated heterocycles. The van der Waals surface area contributed by atoms with Crippen LogP contribution >= 0.6 is 0 Å². The van der Waals surface area contributed by atoms with Gasteiger partial charge in [0.2, 0.25) is 11.6 Å². The number of pyridine rings is 1. The second kappa shape index (κ2) is 3.92. The maximum absolute atomic E-state index is 5.74. The molecular formula is C16H10N2O. The zero-order valence-electron chi connectivity index (χ0n) is 10.1. The van der Waals surface area contributed by atoms with Gasteiger partial charge in [-0.05, 0) is 29.0 Å². The van der Waals surface area contributed by atoms with Gasteiger partial charge in [-0.25, -0.2) is 9.97 Å². The molecule has 4 rings (SSSR count). The third-order valence-corrected chi connectivity index (χ3v) is 3.19. The predicted octanol–water partition coefficient (Wildman–Crippen LogP) is 4.04. The third kappa shape index (κ3) is 1.59. The van der Waals surface area contributed by atoms with Gasteiger partial charge < -0.3 is 4.42 Å². The van der Waals surface area contributed by atoms with Crippen LogP contribution in [0, 0.1) is 0 Å². The van der Waals surface area contributed by atoms with Crippen LogP contribution in [0.15, 0.2) is 65.2 Å². The molecule has 90 valence electrons. The number of nitrogens with zero attached hydrogens (tertiary/aromatic N) is 2. The van der Waals surface area contributed by atoms with Gasteiger partial charge in [0.1, 0.15) is 5.52 Å². The van der Waals surface area contributed by atoms with Crippen LogP contribution in [-0.2, 0) is 0 Å². The van der Waals surface area contributed by atoms with Crippen molar-refractivity contribution in [2.45, 2.75) is 0 Å². The molecule has 0 bridgehead atoms. The van der Waals surface area contributed by atoms with E-state index < -0.39 is 0 Å². The molecule has 0 aliphatic rings. The van der Waals surface area contributed by atoms with Gasteiger partial charge in [-0.1, -0.05) is 36.4 Å².